The van der Waals surface area contributed by atoms with Crippen molar-refractivity contribution in [1.29, 1.82) is 0 Å². The van der Waals surface area contributed by atoms with Gasteiger partial charge in [-0.15, -0.1) is 0 Å². The highest BCUT2D eigenvalue weighted by Crippen LogP contribution is 2.30. The van der Waals surface area contributed by atoms with E-state index in [-0.39, 0.29) is 5.88 Å². The molecule has 0 saturated carbocycles. The van der Waals surface area contributed by atoms with Gasteiger partial charge in [-0.2, -0.15) is 0 Å². The molecule has 0 aliphatic carbocycles. The Morgan fingerprint density at radius 1 is 0.968 bits per heavy atom. The average Bonchev–Trinajstić information content (AvgIpc) is 2.78. The van der Waals surface area contributed by atoms with Crippen LogP contribution in [0.1, 0.15) is 5.69 Å². The van der Waals surface area contributed by atoms with E-state index in [9.17, 15) is 4.39 Å². The first-order chi connectivity index (χ1) is 15.1. The average molecular weight is 421 g/mol. The molecule has 31 heavy (non-hydrogen) atoms. The molecule has 0 amide bonds. The number of hydrogen-bond donors (Lipinski definition) is 2. The number of pyridine rings is 1. The second-order valence-electron chi connectivity index (χ2n) is 6.58. The van der Waals surface area contributed by atoms with Crippen LogP contribution in [-0.4, -0.2) is 45.1 Å². The van der Waals surface area contributed by atoms with E-state index in [2.05, 4.69) is 35.6 Å². The Morgan fingerprint density at radius 3 is 2.65 bits per heavy atom. The lowest BCUT2D eigenvalue weighted by molar-refractivity contribution is 0.312. The smallest absolute Gasteiger partial charge is 0.256 e. The van der Waals surface area contributed by atoms with Gasteiger partial charge >= 0.3 is 0 Å². The maximum atomic E-state index is 14.4. The molecular formula is C21H20FN7O2. The van der Waals surface area contributed by atoms with E-state index in [0.29, 0.717) is 47.2 Å². The molecule has 0 fully saturated rings. The van der Waals surface area contributed by atoms with Crippen LogP contribution in [0.2, 0.25) is 0 Å². The Bertz CT molecular complexity index is 1190. The summed E-state index contributed by atoms with van der Waals surface area (Å²) in [6.07, 6.45) is 6.13. The minimum absolute atomic E-state index is 0.156. The molecule has 3 aromatic heterocycles. The number of aryl methyl sites for hydroxylation is 1. The zero-order valence-electron chi connectivity index (χ0n) is 17.0. The number of rotatable bonds is 8. The van der Waals surface area contributed by atoms with Gasteiger partial charge in [0.25, 0.3) is 5.88 Å². The third-order valence-electron chi connectivity index (χ3n) is 4.25. The first-order valence-electron chi connectivity index (χ1n) is 9.53. The van der Waals surface area contributed by atoms with Crippen LogP contribution in [0.15, 0.2) is 49.2 Å². The molecule has 10 heteroatoms. The van der Waals surface area contributed by atoms with Gasteiger partial charge in [0.05, 0.1) is 29.8 Å². The largest absolute Gasteiger partial charge is 0.491 e. The van der Waals surface area contributed by atoms with Crippen LogP contribution in [0.5, 0.6) is 17.4 Å². The maximum absolute atomic E-state index is 14.4. The normalized spacial score (nSPS) is 10.8. The Morgan fingerprint density at radius 2 is 1.87 bits per heavy atom. The van der Waals surface area contributed by atoms with Gasteiger partial charge in [0.1, 0.15) is 36.1 Å². The van der Waals surface area contributed by atoms with Crippen LogP contribution in [-0.2, 0) is 0 Å². The summed E-state index contributed by atoms with van der Waals surface area (Å²) in [5.41, 5.74) is 1.49. The van der Waals surface area contributed by atoms with Crippen molar-refractivity contribution in [2.45, 2.75) is 6.92 Å². The highest BCUT2D eigenvalue weighted by atomic mass is 19.1. The summed E-state index contributed by atoms with van der Waals surface area (Å²) >= 11 is 0. The van der Waals surface area contributed by atoms with Crippen molar-refractivity contribution in [1.82, 2.24) is 30.2 Å². The van der Waals surface area contributed by atoms with E-state index >= 15 is 0 Å². The molecule has 0 saturated heterocycles. The molecule has 0 atom stereocenters. The number of nitrogens with zero attached hydrogens (tertiary/aromatic N) is 5. The van der Waals surface area contributed by atoms with Crippen LogP contribution >= 0.6 is 0 Å². The number of anilines is 2. The van der Waals surface area contributed by atoms with Gasteiger partial charge in [-0.3, -0.25) is 4.98 Å². The third-order valence-corrected chi connectivity index (χ3v) is 4.25. The third kappa shape index (κ3) is 4.98. The van der Waals surface area contributed by atoms with Crippen molar-refractivity contribution < 1.29 is 13.9 Å². The topological polar surface area (TPSA) is 107 Å². The predicted octanol–water partition coefficient (Wildman–Crippen LogP) is 3.40. The van der Waals surface area contributed by atoms with E-state index in [0.717, 1.165) is 5.69 Å². The minimum atomic E-state index is -0.625. The van der Waals surface area contributed by atoms with E-state index in [4.69, 9.17) is 9.47 Å². The quantitative estimate of drug-likeness (QED) is 0.414. The summed E-state index contributed by atoms with van der Waals surface area (Å²) in [5, 5.41) is 6.74. The van der Waals surface area contributed by atoms with Crippen molar-refractivity contribution in [3.8, 4) is 17.4 Å². The number of ether oxygens (including phenoxy) is 2. The zero-order valence-corrected chi connectivity index (χ0v) is 17.0. The molecule has 0 radical (unpaired) electrons. The van der Waals surface area contributed by atoms with Crippen LogP contribution in [0, 0.1) is 12.7 Å². The fourth-order valence-electron chi connectivity index (χ4n) is 2.72. The molecule has 9 nitrogen and oxygen atoms in total. The maximum Gasteiger partial charge on any atom is 0.256 e. The fraction of sp³-hybridized carbons (Fsp3) is 0.190. The van der Waals surface area contributed by atoms with Crippen LogP contribution in [0.25, 0.3) is 10.9 Å². The molecule has 0 bridgehead atoms. The van der Waals surface area contributed by atoms with Crippen molar-refractivity contribution in [3.05, 3.63) is 60.7 Å². The first kappa shape index (κ1) is 20.4. The molecule has 4 rings (SSSR count). The fourth-order valence-corrected chi connectivity index (χ4v) is 2.72. The van der Waals surface area contributed by atoms with Gasteiger partial charge in [-0.1, -0.05) is 0 Å². The van der Waals surface area contributed by atoms with Crippen molar-refractivity contribution in [2.24, 2.45) is 0 Å². The summed E-state index contributed by atoms with van der Waals surface area (Å²) in [4.78, 5) is 21.0. The Balaban J connectivity index is 1.57. The second-order valence-corrected chi connectivity index (χ2v) is 6.58. The lowest BCUT2D eigenvalue weighted by Gasteiger charge is -2.11. The van der Waals surface area contributed by atoms with Crippen molar-refractivity contribution in [2.75, 3.05) is 25.5 Å². The van der Waals surface area contributed by atoms with Gasteiger partial charge in [-0.05, 0) is 32.2 Å². The summed E-state index contributed by atoms with van der Waals surface area (Å²) < 4.78 is 25.5. The highest BCUT2D eigenvalue weighted by Gasteiger charge is 2.11. The summed E-state index contributed by atoms with van der Waals surface area (Å²) in [7, 11) is 1.81. The molecule has 0 unspecified atom stereocenters. The molecule has 2 N–H and O–H groups in total. The predicted molar refractivity (Wildman–Crippen MR) is 113 cm³/mol. The second kappa shape index (κ2) is 9.26. The summed E-state index contributed by atoms with van der Waals surface area (Å²) in [5.74, 6) is 0.998. The Labute approximate surface area is 177 Å². The van der Waals surface area contributed by atoms with Gasteiger partial charge in [0, 0.05) is 18.0 Å². The van der Waals surface area contributed by atoms with Crippen LogP contribution in [0.3, 0.4) is 0 Å². The standard InChI is InChI=1S/C21H20FN7O2/c1-13-9-25-19(11-24-13)29-20-16-7-14(3-4-18(16)27-12-28-20)31-21-17(22)8-15(10-26-21)30-6-5-23-2/h3-4,7-12,23H,5-6H2,1-2H3,(H,25,27,28,29). The monoisotopic (exact) mass is 421 g/mol. The van der Waals surface area contributed by atoms with E-state index < -0.39 is 5.82 Å². The first-order valence-corrected chi connectivity index (χ1v) is 9.53. The number of aromatic nitrogens is 5. The van der Waals surface area contributed by atoms with Gasteiger partial charge < -0.3 is 20.1 Å². The van der Waals surface area contributed by atoms with Crippen molar-refractivity contribution in [3.63, 3.8) is 0 Å². The zero-order chi connectivity index (χ0) is 21.6. The number of fused-ring (bicyclic) bond motifs is 1. The van der Waals surface area contributed by atoms with Crippen LogP contribution in [0.4, 0.5) is 16.0 Å². The molecule has 0 spiro atoms. The highest BCUT2D eigenvalue weighted by molar-refractivity contribution is 5.91. The Kier molecular flexibility index (Phi) is 6.08. The summed E-state index contributed by atoms with van der Waals surface area (Å²) in [6, 6.07) is 6.39. The van der Waals surface area contributed by atoms with Gasteiger partial charge in [-0.25, -0.2) is 24.3 Å². The lowest BCUT2D eigenvalue weighted by Crippen LogP contribution is -2.16. The molecular weight excluding hydrogens is 401 g/mol. The number of benzene rings is 1. The SMILES string of the molecule is CNCCOc1cnc(Oc2ccc3ncnc(Nc4cnc(C)cn4)c3c2)c(F)c1. The molecule has 1 aromatic carbocycles. The van der Waals surface area contributed by atoms with Gasteiger partial charge in [0.2, 0.25) is 0 Å². The van der Waals surface area contributed by atoms with E-state index in [1.165, 1.54) is 18.6 Å². The lowest BCUT2D eigenvalue weighted by atomic mass is 10.2. The molecule has 4 aromatic rings. The number of hydrogen-bond acceptors (Lipinski definition) is 9. The number of likely N-dealkylation sites (N-methyl/N-ethyl adjacent to an activating group) is 1. The molecule has 0 aliphatic rings. The van der Waals surface area contributed by atoms with E-state index in [1.54, 1.807) is 30.6 Å². The Hall–Kier alpha value is -3.92. The summed E-state index contributed by atoms with van der Waals surface area (Å²) in [6.45, 7) is 2.90. The van der Waals surface area contributed by atoms with E-state index in [1.807, 2.05) is 14.0 Å². The number of halogens is 1. The molecule has 158 valence electrons. The van der Waals surface area contributed by atoms with Crippen LogP contribution < -0.4 is 20.1 Å². The minimum Gasteiger partial charge on any atom is -0.491 e. The van der Waals surface area contributed by atoms with Crippen molar-refractivity contribution >= 4 is 22.5 Å². The molecule has 3 heterocycles. The molecule has 0 aliphatic heterocycles. The van der Waals surface area contributed by atoms with Gasteiger partial charge in [0.15, 0.2) is 5.82 Å². The number of nitrogens with one attached hydrogen (secondary N) is 2.